The van der Waals surface area contributed by atoms with Gasteiger partial charge in [-0.15, -0.1) is 0 Å². The maximum atomic E-state index is 12.2. The number of halogens is 2. The van der Waals surface area contributed by atoms with Gasteiger partial charge in [-0.05, 0) is 59.0 Å². The summed E-state index contributed by atoms with van der Waals surface area (Å²) < 4.78 is 16.7. The first kappa shape index (κ1) is 17.8. The molecule has 2 aromatic carbocycles. The lowest BCUT2D eigenvalue weighted by molar-refractivity contribution is -0.129. The molecule has 1 heterocycles. The SMILES string of the molecule is COc1ccc(/C=C2\N=C(c3cc(I)ccc3Cl)OC2=O)c(OC)c1. The third-order valence-corrected chi connectivity index (χ3v) is 4.51. The number of hydrogen-bond donors (Lipinski definition) is 0. The fourth-order valence-corrected chi connectivity index (χ4v) is 2.96. The maximum Gasteiger partial charge on any atom is 0.363 e. The van der Waals surface area contributed by atoms with E-state index in [1.807, 2.05) is 12.1 Å². The molecular formula is C18H13ClINO4. The van der Waals surface area contributed by atoms with Crippen molar-refractivity contribution in [2.24, 2.45) is 4.99 Å². The third-order valence-electron chi connectivity index (χ3n) is 3.51. The molecule has 1 aliphatic rings. The normalized spacial score (nSPS) is 15.1. The van der Waals surface area contributed by atoms with Gasteiger partial charge in [0.05, 0.1) is 24.8 Å². The van der Waals surface area contributed by atoms with Crippen molar-refractivity contribution in [3.63, 3.8) is 0 Å². The Kier molecular flexibility index (Phi) is 5.29. The van der Waals surface area contributed by atoms with Crippen LogP contribution in [0.1, 0.15) is 11.1 Å². The Bertz CT molecular complexity index is 908. The van der Waals surface area contributed by atoms with Crippen LogP contribution in [0, 0.1) is 3.57 Å². The minimum atomic E-state index is -0.539. The van der Waals surface area contributed by atoms with E-state index in [2.05, 4.69) is 27.6 Å². The molecule has 1 aliphatic heterocycles. The van der Waals surface area contributed by atoms with Crippen molar-refractivity contribution in [2.75, 3.05) is 14.2 Å². The van der Waals surface area contributed by atoms with Crippen LogP contribution in [0.4, 0.5) is 0 Å². The number of methoxy groups -OCH3 is 2. The predicted octanol–water partition coefficient (Wildman–Crippen LogP) is 4.31. The van der Waals surface area contributed by atoms with Gasteiger partial charge in [-0.2, -0.15) is 0 Å². The van der Waals surface area contributed by atoms with Gasteiger partial charge in [-0.3, -0.25) is 0 Å². The molecule has 0 saturated heterocycles. The summed E-state index contributed by atoms with van der Waals surface area (Å²) in [6.45, 7) is 0. The Morgan fingerprint density at radius 2 is 1.96 bits per heavy atom. The number of carbonyl (C=O) groups is 1. The number of aliphatic imine (C=N–C) groups is 1. The fourth-order valence-electron chi connectivity index (χ4n) is 2.27. The Morgan fingerprint density at radius 1 is 1.16 bits per heavy atom. The zero-order valence-corrected chi connectivity index (χ0v) is 16.3. The van der Waals surface area contributed by atoms with E-state index in [0.29, 0.717) is 27.6 Å². The van der Waals surface area contributed by atoms with Gasteiger partial charge in [0.1, 0.15) is 11.5 Å². The monoisotopic (exact) mass is 469 g/mol. The highest BCUT2D eigenvalue weighted by atomic mass is 127. The summed E-state index contributed by atoms with van der Waals surface area (Å²) in [7, 11) is 3.12. The molecule has 0 saturated carbocycles. The van der Waals surface area contributed by atoms with Crippen LogP contribution in [0.2, 0.25) is 5.02 Å². The smallest absolute Gasteiger partial charge is 0.363 e. The van der Waals surface area contributed by atoms with Crippen LogP contribution >= 0.6 is 34.2 Å². The van der Waals surface area contributed by atoms with Gasteiger partial charge >= 0.3 is 5.97 Å². The van der Waals surface area contributed by atoms with Crippen LogP contribution in [0.25, 0.3) is 6.08 Å². The first-order chi connectivity index (χ1) is 12.0. The van der Waals surface area contributed by atoms with Crippen molar-refractivity contribution in [1.82, 2.24) is 0 Å². The topological polar surface area (TPSA) is 57.1 Å². The predicted molar refractivity (Wildman–Crippen MR) is 104 cm³/mol. The lowest BCUT2D eigenvalue weighted by Crippen LogP contribution is -2.06. The van der Waals surface area contributed by atoms with E-state index in [-0.39, 0.29) is 11.6 Å². The molecule has 0 radical (unpaired) electrons. The lowest BCUT2D eigenvalue weighted by atomic mass is 10.1. The molecule has 0 amide bonds. The highest BCUT2D eigenvalue weighted by Crippen LogP contribution is 2.29. The molecule has 0 bridgehead atoms. The van der Waals surface area contributed by atoms with Crippen molar-refractivity contribution in [2.45, 2.75) is 0 Å². The summed E-state index contributed by atoms with van der Waals surface area (Å²) in [5, 5.41) is 0.468. The molecule has 7 heteroatoms. The standard InChI is InChI=1S/C18H13ClINO4/c1-23-12-5-3-10(16(9-12)24-2)7-15-18(22)25-17(21-15)13-8-11(20)4-6-14(13)19/h3-9H,1-2H3/b15-7-. The van der Waals surface area contributed by atoms with Crippen LogP contribution in [-0.4, -0.2) is 26.1 Å². The number of hydrogen-bond acceptors (Lipinski definition) is 5. The van der Waals surface area contributed by atoms with Crippen LogP contribution < -0.4 is 9.47 Å². The third kappa shape index (κ3) is 3.80. The van der Waals surface area contributed by atoms with E-state index >= 15 is 0 Å². The number of ether oxygens (including phenoxy) is 3. The van der Waals surface area contributed by atoms with Crippen molar-refractivity contribution in [3.05, 3.63) is 61.8 Å². The van der Waals surface area contributed by atoms with Crippen LogP contribution in [0.3, 0.4) is 0 Å². The second-order valence-electron chi connectivity index (χ2n) is 5.07. The van der Waals surface area contributed by atoms with Crippen molar-refractivity contribution in [3.8, 4) is 11.5 Å². The first-order valence-electron chi connectivity index (χ1n) is 7.22. The van der Waals surface area contributed by atoms with Gasteiger partial charge < -0.3 is 14.2 Å². The van der Waals surface area contributed by atoms with Crippen molar-refractivity contribution >= 4 is 52.1 Å². The van der Waals surface area contributed by atoms with Gasteiger partial charge in [-0.1, -0.05) is 11.6 Å². The molecule has 25 heavy (non-hydrogen) atoms. The van der Waals surface area contributed by atoms with E-state index in [9.17, 15) is 4.79 Å². The van der Waals surface area contributed by atoms with Crippen LogP contribution in [0.5, 0.6) is 11.5 Å². The Labute approximate surface area is 163 Å². The summed E-state index contributed by atoms with van der Waals surface area (Å²) in [5.74, 6) is 0.869. The van der Waals surface area contributed by atoms with E-state index < -0.39 is 5.97 Å². The number of cyclic esters (lactones) is 1. The molecular weight excluding hydrogens is 457 g/mol. The van der Waals surface area contributed by atoms with Crippen molar-refractivity contribution in [1.29, 1.82) is 0 Å². The second-order valence-corrected chi connectivity index (χ2v) is 6.72. The first-order valence-corrected chi connectivity index (χ1v) is 8.67. The quantitative estimate of drug-likeness (QED) is 0.380. The minimum absolute atomic E-state index is 0.174. The van der Waals surface area contributed by atoms with E-state index in [1.165, 1.54) is 0 Å². The van der Waals surface area contributed by atoms with Gasteiger partial charge in [0, 0.05) is 15.2 Å². The highest BCUT2D eigenvalue weighted by molar-refractivity contribution is 14.1. The van der Waals surface area contributed by atoms with Gasteiger partial charge in [0.2, 0.25) is 5.90 Å². The zero-order chi connectivity index (χ0) is 18.0. The fraction of sp³-hybridized carbons (Fsp3) is 0.111. The molecule has 0 unspecified atom stereocenters. The summed E-state index contributed by atoms with van der Waals surface area (Å²) in [4.78, 5) is 16.5. The lowest BCUT2D eigenvalue weighted by Gasteiger charge is -2.07. The van der Waals surface area contributed by atoms with Crippen LogP contribution in [0.15, 0.2) is 47.1 Å². The Hall–Kier alpha value is -2.06. The largest absolute Gasteiger partial charge is 0.497 e. The van der Waals surface area contributed by atoms with Crippen LogP contribution in [-0.2, 0) is 9.53 Å². The summed E-state index contributed by atoms with van der Waals surface area (Å²) in [6.07, 6.45) is 1.61. The number of rotatable bonds is 4. The molecule has 2 aromatic rings. The molecule has 3 rings (SSSR count). The number of esters is 1. The van der Waals surface area contributed by atoms with Gasteiger partial charge in [-0.25, -0.2) is 9.79 Å². The highest BCUT2D eigenvalue weighted by Gasteiger charge is 2.26. The molecule has 0 spiro atoms. The molecule has 0 aromatic heterocycles. The summed E-state index contributed by atoms with van der Waals surface area (Å²) in [5.41, 5.74) is 1.44. The molecule has 0 N–H and O–H groups in total. The number of benzene rings is 2. The second kappa shape index (κ2) is 7.45. The Morgan fingerprint density at radius 3 is 2.68 bits per heavy atom. The number of carbonyl (C=O) groups excluding carboxylic acids is 1. The summed E-state index contributed by atoms with van der Waals surface area (Å²) in [6, 6.07) is 10.7. The average Bonchev–Trinajstić information content (AvgIpc) is 2.97. The number of nitrogens with zero attached hydrogens (tertiary/aromatic N) is 1. The van der Waals surface area contributed by atoms with Gasteiger partial charge in [0.15, 0.2) is 5.70 Å². The van der Waals surface area contributed by atoms with Crippen molar-refractivity contribution < 1.29 is 19.0 Å². The Balaban J connectivity index is 2.00. The maximum absolute atomic E-state index is 12.2. The zero-order valence-electron chi connectivity index (χ0n) is 13.4. The molecule has 5 nitrogen and oxygen atoms in total. The molecule has 0 atom stereocenters. The minimum Gasteiger partial charge on any atom is -0.497 e. The molecule has 0 aliphatic carbocycles. The van der Waals surface area contributed by atoms with E-state index in [4.69, 9.17) is 25.8 Å². The molecule has 0 fully saturated rings. The van der Waals surface area contributed by atoms with Gasteiger partial charge in [0.25, 0.3) is 0 Å². The summed E-state index contributed by atoms with van der Waals surface area (Å²) >= 11 is 8.34. The van der Waals surface area contributed by atoms with E-state index in [1.54, 1.807) is 44.6 Å². The molecule has 128 valence electrons. The average molecular weight is 470 g/mol. The van der Waals surface area contributed by atoms with E-state index in [0.717, 1.165) is 3.57 Å².